The highest BCUT2D eigenvalue weighted by Crippen LogP contribution is 2.31. The number of nitrogens with two attached hydrogens (primary N) is 1. The molecule has 3 saturated heterocycles. The Morgan fingerprint density at radius 2 is 1.78 bits per heavy atom. The number of nitrogens with zero attached hydrogens (tertiary/aromatic N) is 4. The van der Waals surface area contributed by atoms with Gasteiger partial charge in [-0.2, -0.15) is 0 Å². The number of carbonyl (C=O) groups is 4. The lowest BCUT2D eigenvalue weighted by molar-refractivity contribution is -0.136. The standard InChI is InChI=1S/C18H29N5O4/c1-12(17(19)26)3-4-15(25)22-6-5-13-16(22)14(24)11-23(13)18(27)21-9-7-20(2)8-10-21/h12-13,16H,3-11H2,1-2H3,(H2,19,26). The highest BCUT2D eigenvalue weighted by atomic mass is 16.2. The largest absolute Gasteiger partial charge is 0.369 e. The highest BCUT2D eigenvalue weighted by molar-refractivity contribution is 5.97. The fraction of sp³-hybridized carbons (Fsp3) is 0.778. The maximum absolute atomic E-state index is 12.9. The zero-order valence-electron chi connectivity index (χ0n) is 16.1. The first-order valence-corrected chi connectivity index (χ1v) is 9.65. The second-order valence-corrected chi connectivity index (χ2v) is 7.90. The number of likely N-dealkylation sites (tertiary alicyclic amines) is 2. The number of hydrogen-bond acceptors (Lipinski definition) is 5. The van der Waals surface area contributed by atoms with Gasteiger partial charge in [0.1, 0.15) is 6.04 Å². The molecule has 3 aliphatic rings. The number of carbonyl (C=O) groups excluding carboxylic acids is 4. The van der Waals surface area contributed by atoms with Gasteiger partial charge in [-0.05, 0) is 19.9 Å². The van der Waals surface area contributed by atoms with Gasteiger partial charge in [0, 0.05) is 45.1 Å². The molecule has 3 atom stereocenters. The summed E-state index contributed by atoms with van der Waals surface area (Å²) in [5, 5.41) is 0. The third-order valence-corrected chi connectivity index (χ3v) is 6.04. The van der Waals surface area contributed by atoms with Crippen LogP contribution in [0.2, 0.25) is 0 Å². The van der Waals surface area contributed by atoms with E-state index in [-0.39, 0.29) is 42.6 Å². The first kappa shape index (κ1) is 19.6. The van der Waals surface area contributed by atoms with Crippen molar-refractivity contribution in [2.75, 3.05) is 46.3 Å². The van der Waals surface area contributed by atoms with Crippen molar-refractivity contribution >= 4 is 23.6 Å². The Labute approximate surface area is 159 Å². The number of Topliss-reactive ketones (excluding diaryl/α,β-unsaturated/α-hetero) is 1. The summed E-state index contributed by atoms with van der Waals surface area (Å²) in [6, 6.07) is -0.874. The summed E-state index contributed by atoms with van der Waals surface area (Å²) in [5.74, 6) is -1.01. The summed E-state index contributed by atoms with van der Waals surface area (Å²) in [5.41, 5.74) is 5.24. The zero-order chi connectivity index (χ0) is 19.7. The molecule has 3 aliphatic heterocycles. The average Bonchev–Trinajstić information content (AvgIpc) is 3.21. The Balaban J connectivity index is 1.61. The number of ketones is 1. The second-order valence-electron chi connectivity index (χ2n) is 7.90. The van der Waals surface area contributed by atoms with Crippen LogP contribution >= 0.6 is 0 Å². The van der Waals surface area contributed by atoms with Crippen LogP contribution < -0.4 is 5.73 Å². The molecule has 150 valence electrons. The van der Waals surface area contributed by atoms with Crippen LogP contribution in [0.5, 0.6) is 0 Å². The molecule has 3 unspecified atom stereocenters. The lowest BCUT2D eigenvalue weighted by atomic mass is 10.0. The van der Waals surface area contributed by atoms with Crippen molar-refractivity contribution in [1.82, 2.24) is 19.6 Å². The minimum absolute atomic E-state index is 0.0714. The number of urea groups is 1. The van der Waals surface area contributed by atoms with Crippen molar-refractivity contribution in [2.45, 2.75) is 38.3 Å². The lowest BCUT2D eigenvalue weighted by Crippen LogP contribution is -2.53. The van der Waals surface area contributed by atoms with Crippen molar-refractivity contribution in [3.8, 4) is 0 Å². The van der Waals surface area contributed by atoms with Gasteiger partial charge >= 0.3 is 6.03 Å². The maximum atomic E-state index is 12.9. The molecular formula is C18H29N5O4. The molecule has 0 aromatic rings. The van der Waals surface area contributed by atoms with E-state index >= 15 is 0 Å². The molecule has 0 bridgehead atoms. The predicted octanol–water partition coefficient (Wildman–Crippen LogP) is -0.890. The third kappa shape index (κ3) is 3.92. The number of hydrogen-bond donors (Lipinski definition) is 1. The van der Waals surface area contributed by atoms with Crippen LogP contribution in [-0.2, 0) is 14.4 Å². The number of fused-ring (bicyclic) bond motifs is 1. The molecule has 0 spiro atoms. The summed E-state index contributed by atoms with van der Waals surface area (Å²) < 4.78 is 0. The number of amides is 4. The molecule has 0 aromatic heterocycles. The van der Waals surface area contributed by atoms with Crippen LogP contribution in [-0.4, -0.2) is 102 Å². The summed E-state index contributed by atoms with van der Waals surface area (Å²) >= 11 is 0. The van der Waals surface area contributed by atoms with Crippen LogP contribution in [0, 0.1) is 5.92 Å². The smallest absolute Gasteiger partial charge is 0.320 e. The molecule has 0 radical (unpaired) electrons. The lowest BCUT2D eigenvalue weighted by Gasteiger charge is -2.36. The molecule has 0 aliphatic carbocycles. The number of piperazine rings is 1. The monoisotopic (exact) mass is 379 g/mol. The van der Waals surface area contributed by atoms with Gasteiger partial charge < -0.3 is 25.3 Å². The number of primary amides is 1. The van der Waals surface area contributed by atoms with E-state index in [2.05, 4.69) is 4.90 Å². The Bertz CT molecular complexity index is 631. The summed E-state index contributed by atoms with van der Waals surface area (Å²) in [4.78, 5) is 56.4. The van der Waals surface area contributed by atoms with Crippen LogP contribution in [0.15, 0.2) is 0 Å². The quantitative estimate of drug-likeness (QED) is 0.682. The number of likely N-dealkylation sites (N-methyl/N-ethyl adjacent to an activating group) is 1. The molecule has 0 aromatic carbocycles. The van der Waals surface area contributed by atoms with E-state index < -0.39 is 11.9 Å². The van der Waals surface area contributed by atoms with Crippen molar-refractivity contribution < 1.29 is 19.2 Å². The summed E-state index contributed by atoms with van der Waals surface area (Å²) in [6.45, 7) is 5.20. The molecule has 4 amide bonds. The Kier molecular flexibility index (Phi) is 5.69. The fourth-order valence-corrected chi connectivity index (χ4v) is 4.16. The maximum Gasteiger partial charge on any atom is 0.320 e. The van der Waals surface area contributed by atoms with E-state index in [9.17, 15) is 19.2 Å². The van der Waals surface area contributed by atoms with Crippen molar-refractivity contribution in [3.05, 3.63) is 0 Å². The van der Waals surface area contributed by atoms with Crippen LogP contribution in [0.1, 0.15) is 26.2 Å². The molecule has 9 heteroatoms. The van der Waals surface area contributed by atoms with Gasteiger partial charge in [-0.1, -0.05) is 6.92 Å². The molecule has 0 saturated carbocycles. The van der Waals surface area contributed by atoms with E-state index in [1.807, 2.05) is 7.05 Å². The van der Waals surface area contributed by atoms with Gasteiger partial charge in [-0.25, -0.2) is 4.79 Å². The topological polar surface area (TPSA) is 107 Å². The molecule has 9 nitrogen and oxygen atoms in total. The first-order valence-electron chi connectivity index (χ1n) is 9.65. The highest BCUT2D eigenvalue weighted by Gasteiger charge is 2.51. The average molecular weight is 379 g/mol. The van der Waals surface area contributed by atoms with E-state index in [1.54, 1.807) is 21.6 Å². The van der Waals surface area contributed by atoms with Gasteiger partial charge in [0.2, 0.25) is 11.8 Å². The predicted molar refractivity (Wildman–Crippen MR) is 97.7 cm³/mol. The summed E-state index contributed by atoms with van der Waals surface area (Å²) in [6.07, 6.45) is 1.18. The molecule has 2 N–H and O–H groups in total. The molecular weight excluding hydrogens is 350 g/mol. The minimum atomic E-state index is -0.544. The zero-order valence-corrected chi connectivity index (χ0v) is 16.1. The van der Waals surface area contributed by atoms with Crippen LogP contribution in [0.4, 0.5) is 4.79 Å². The Morgan fingerprint density at radius 1 is 1.11 bits per heavy atom. The molecule has 27 heavy (non-hydrogen) atoms. The van der Waals surface area contributed by atoms with Gasteiger partial charge in [-0.15, -0.1) is 0 Å². The second kappa shape index (κ2) is 7.84. The molecule has 3 heterocycles. The summed E-state index contributed by atoms with van der Waals surface area (Å²) in [7, 11) is 2.02. The molecule has 3 fully saturated rings. The van der Waals surface area contributed by atoms with Crippen molar-refractivity contribution in [1.29, 1.82) is 0 Å². The van der Waals surface area contributed by atoms with Crippen LogP contribution in [0.3, 0.4) is 0 Å². The first-order chi connectivity index (χ1) is 12.8. The van der Waals surface area contributed by atoms with E-state index in [4.69, 9.17) is 5.73 Å². The van der Waals surface area contributed by atoms with Gasteiger partial charge in [0.15, 0.2) is 5.78 Å². The Hall–Kier alpha value is -2.16. The van der Waals surface area contributed by atoms with Gasteiger partial charge in [-0.3, -0.25) is 14.4 Å². The minimum Gasteiger partial charge on any atom is -0.369 e. The van der Waals surface area contributed by atoms with E-state index in [1.165, 1.54) is 0 Å². The van der Waals surface area contributed by atoms with Crippen LogP contribution in [0.25, 0.3) is 0 Å². The normalized spacial score (nSPS) is 27.0. The number of rotatable bonds is 4. The molecule has 3 rings (SSSR count). The van der Waals surface area contributed by atoms with Crippen molar-refractivity contribution in [2.24, 2.45) is 11.7 Å². The van der Waals surface area contributed by atoms with Crippen molar-refractivity contribution in [3.63, 3.8) is 0 Å². The fourth-order valence-electron chi connectivity index (χ4n) is 4.16. The SMILES string of the molecule is CC(CCC(=O)N1CCC2C1C(=O)CN2C(=O)N1CCN(C)CC1)C(N)=O. The Morgan fingerprint density at radius 3 is 2.41 bits per heavy atom. The van der Waals surface area contributed by atoms with Gasteiger partial charge in [0.25, 0.3) is 0 Å². The van der Waals surface area contributed by atoms with Gasteiger partial charge in [0.05, 0.1) is 12.6 Å². The van der Waals surface area contributed by atoms with E-state index in [0.717, 1.165) is 13.1 Å². The third-order valence-electron chi connectivity index (χ3n) is 6.04. The van der Waals surface area contributed by atoms with E-state index in [0.29, 0.717) is 32.5 Å².